The highest BCUT2D eigenvalue weighted by Gasteiger charge is 2.27. The van der Waals surface area contributed by atoms with Crippen molar-refractivity contribution in [3.63, 3.8) is 0 Å². The lowest BCUT2D eigenvalue weighted by Crippen LogP contribution is -2.39. The molecule has 3 unspecified atom stereocenters. The lowest BCUT2D eigenvalue weighted by molar-refractivity contribution is 0.343. The third kappa shape index (κ3) is 2.47. The van der Waals surface area contributed by atoms with Crippen molar-refractivity contribution in [2.45, 2.75) is 57.4 Å². The van der Waals surface area contributed by atoms with Gasteiger partial charge in [0, 0.05) is 18.5 Å². The Morgan fingerprint density at radius 2 is 1.94 bits per heavy atom. The van der Waals surface area contributed by atoms with Gasteiger partial charge in [-0.05, 0) is 36.3 Å². The van der Waals surface area contributed by atoms with Crippen LogP contribution in [0.1, 0.15) is 56.1 Å². The van der Waals surface area contributed by atoms with Gasteiger partial charge in [0.25, 0.3) is 0 Å². The van der Waals surface area contributed by atoms with Gasteiger partial charge in [-0.1, -0.05) is 50.5 Å². The summed E-state index contributed by atoms with van der Waals surface area (Å²) in [7, 11) is 0. The predicted octanol–water partition coefficient (Wildman–Crippen LogP) is 3.88. The van der Waals surface area contributed by atoms with E-state index in [4.69, 9.17) is 0 Å². The van der Waals surface area contributed by atoms with E-state index >= 15 is 0 Å². The van der Waals surface area contributed by atoms with E-state index < -0.39 is 0 Å². The van der Waals surface area contributed by atoms with Crippen molar-refractivity contribution in [1.82, 2.24) is 5.32 Å². The molecular formula is C17H25N. The van der Waals surface area contributed by atoms with Crippen molar-refractivity contribution in [2.24, 2.45) is 5.92 Å². The molecule has 0 spiro atoms. The summed E-state index contributed by atoms with van der Waals surface area (Å²) in [5, 5.41) is 3.85. The first-order chi connectivity index (χ1) is 8.84. The van der Waals surface area contributed by atoms with Gasteiger partial charge in [0.15, 0.2) is 0 Å². The lowest BCUT2D eigenvalue weighted by Gasteiger charge is -2.33. The van der Waals surface area contributed by atoms with E-state index in [2.05, 4.69) is 36.5 Å². The van der Waals surface area contributed by atoms with Crippen LogP contribution in [0.2, 0.25) is 0 Å². The van der Waals surface area contributed by atoms with Crippen molar-refractivity contribution in [3.05, 3.63) is 35.4 Å². The van der Waals surface area contributed by atoms with Crippen LogP contribution in [0.3, 0.4) is 0 Å². The van der Waals surface area contributed by atoms with E-state index in [0.29, 0.717) is 0 Å². The molecule has 1 nitrogen and oxygen atoms in total. The summed E-state index contributed by atoms with van der Waals surface area (Å²) >= 11 is 0. The van der Waals surface area contributed by atoms with Crippen molar-refractivity contribution in [3.8, 4) is 0 Å². The number of benzene rings is 1. The van der Waals surface area contributed by atoms with E-state index in [1.54, 1.807) is 11.1 Å². The molecule has 0 amide bonds. The normalized spacial score (nSPS) is 31.3. The van der Waals surface area contributed by atoms with Crippen molar-refractivity contribution >= 4 is 0 Å². The van der Waals surface area contributed by atoms with E-state index in [1.165, 1.54) is 45.1 Å². The molecule has 0 radical (unpaired) electrons. The first kappa shape index (κ1) is 12.2. The zero-order valence-corrected chi connectivity index (χ0v) is 11.5. The zero-order valence-electron chi connectivity index (χ0n) is 11.5. The number of rotatable bonds is 3. The summed E-state index contributed by atoms with van der Waals surface area (Å²) in [4.78, 5) is 0. The first-order valence-corrected chi connectivity index (χ1v) is 7.66. The minimum atomic E-state index is 0.764. The molecule has 0 heterocycles. The standard InChI is InChI=1S/C17H25N/c1-13-7-3-2-4-10-17(13)18-12-15-11-14-8-5-6-9-16(14)15/h5-6,8-9,13,15,17-18H,2-4,7,10-12H2,1H3. The van der Waals surface area contributed by atoms with Crippen LogP contribution < -0.4 is 5.32 Å². The van der Waals surface area contributed by atoms with Gasteiger partial charge in [0.1, 0.15) is 0 Å². The highest BCUT2D eigenvalue weighted by molar-refractivity contribution is 5.40. The summed E-state index contributed by atoms with van der Waals surface area (Å²) in [6.07, 6.45) is 8.38. The molecule has 3 rings (SSSR count). The zero-order chi connectivity index (χ0) is 12.4. The van der Waals surface area contributed by atoms with Gasteiger partial charge in [-0.2, -0.15) is 0 Å². The molecule has 3 atom stereocenters. The molecule has 0 aliphatic heterocycles. The van der Waals surface area contributed by atoms with Crippen LogP contribution >= 0.6 is 0 Å². The van der Waals surface area contributed by atoms with Crippen molar-refractivity contribution < 1.29 is 0 Å². The highest BCUT2D eigenvalue weighted by atomic mass is 14.9. The Labute approximate surface area is 111 Å². The fourth-order valence-electron chi connectivity index (χ4n) is 3.63. The fraction of sp³-hybridized carbons (Fsp3) is 0.647. The largest absolute Gasteiger partial charge is 0.313 e. The number of hydrogen-bond donors (Lipinski definition) is 1. The molecule has 18 heavy (non-hydrogen) atoms. The minimum absolute atomic E-state index is 0.764. The Balaban J connectivity index is 1.53. The second-order valence-corrected chi connectivity index (χ2v) is 6.23. The van der Waals surface area contributed by atoms with Gasteiger partial charge >= 0.3 is 0 Å². The Kier molecular flexibility index (Phi) is 3.69. The second kappa shape index (κ2) is 5.44. The summed E-state index contributed by atoms with van der Waals surface area (Å²) in [6.45, 7) is 3.61. The van der Waals surface area contributed by atoms with Crippen LogP contribution in [-0.2, 0) is 6.42 Å². The maximum Gasteiger partial charge on any atom is 0.00929 e. The van der Waals surface area contributed by atoms with Gasteiger partial charge in [0.05, 0.1) is 0 Å². The highest BCUT2D eigenvalue weighted by Crippen LogP contribution is 2.34. The topological polar surface area (TPSA) is 12.0 Å². The van der Waals surface area contributed by atoms with Crippen LogP contribution in [0.4, 0.5) is 0 Å². The predicted molar refractivity (Wildman–Crippen MR) is 76.9 cm³/mol. The van der Waals surface area contributed by atoms with Crippen LogP contribution in [0.5, 0.6) is 0 Å². The number of fused-ring (bicyclic) bond motifs is 1. The maximum atomic E-state index is 3.85. The summed E-state index contributed by atoms with van der Waals surface area (Å²) in [5.41, 5.74) is 3.16. The fourth-order valence-corrected chi connectivity index (χ4v) is 3.63. The second-order valence-electron chi connectivity index (χ2n) is 6.23. The van der Waals surface area contributed by atoms with E-state index in [9.17, 15) is 0 Å². The van der Waals surface area contributed by atoms with Gasteiger partial charge in [-0.15, -0.1) is 0 Å². The Morgan fingerprint density at radius 1 is 1.11 bits per heavy atom. The summed E-state index contributed by atoms with van der Waals surface area (Å²) < 4.78 is 0. The van der Waals surface area contributed by atoms with Crippen LogP contribution in [0.25, 0.3) is 0 Å². The number of hydrogen-bond acceptors (Lipinski definition) is 1. The molecule has 0 aromatic heterocycles. The van der Waals surface area contributed by atoms with Crippen LogP contribution in [0.15, 0.2) is 24.3 Å². The Hall–Kier alpha value is -0.820. The molecule has 0 bridgehead atoms. The van der Waals surface area contributed by atoms with Gasteiger partial charge in [-0.25, -0.2) is 0 Å². The molecule has 1 fully saturated rings. The van der Waals surface area contributed by atoms with Crippen LogP contribution in [0, 0.1) is 5.92 Å². The summed E-state index contributed by atoms with van der Waals surface area (Å²) in [5.74, 6) is 1.64. The molecule has 98 valence electrons. The first-order valence-electron chi connectivity index (χ1n) is 7.66. The lowest BCUT2D eigenvalue weighted by atomic mass is 9.77. The Bertz CT molecular complexity index is 398. The number of nitrogens with one attached hydrogen (secondary N) is 1. The molecular weight excluding hydrogens is 218 g/mol. The average molecular weight is 243 g/mol. The van der Waals surface area contributed by atoms with E-state index in [0.717, 1.165) is 17.9 Å². The minimum Gasteiger partial charge on any atom is -0.313 e. The van der Waals surface area contributed by atoms with Gasteiger partial charge in [-0.3, -0.25) is 0 Å². The van der Waals surface area contributed by atoms with Crippen LogP contribution in [-0.4, -0.2) is 12.6 Å². The molecule has 0 saturated heterocycles. The maximum absolute atomic E-state index is 3.85. The monoisotopic (exact) mass is 243 g/mol. The Morgan fingerprint density at radius 3 is 2.83 bits per heavy atom. The quantitative estimate of drug-likeness (QED) is 0.794. The third-order valence-electron chi connectivity index (χ3n) is 4.95. The van der Waals surface area contributed by atoms with Gasteiger partial charge < -0.3 is 5.32 Å². The molecule has 1 saturated carbocycles. The molecule has 2 aliphatic carbocycles. The average Bonchev–Trinajstić information content (AvgIpc) is 2.56. The molecule has 1 aromatic carbocycles. The van der Waals surface area contributed by atoms with E-state index in [1.807, 2.05) is 0 Å². The third-order valence-corrected chi connectivity index (χ3v) is 4.95. The summed E-state index contributed by atoms with van der Waals surface area (Å²) in [6, 6.07) is 9.69. The van der Waals surface area contributed by atoms with E-state index in [-0.39, 0.29) is 0 Å². The van der Waals surface area contributed by atoms with Gasteiger partial charge in [0.2, 0.25) is 0 Å². The molecule has 1 heteroatoms. The van der Waals surface area contributed by atoms with Crippen molar-refractivity contribution in [2.75, 3.05) is 6.54 Å². The molecule has 1 aromatic rings. The van der Waals surface area contributed by atoms with Crippen molar-refractivity contribution in [1.29, 1.82) is 0 Å². The SMILES string of the molecule is CC1CCCCCC1NCC1Cc2ccccc21. The molecule has 1 N–H and O–H groups in total. The smallest absolute Gasteiger partial charge is 0.00929 e. The molecule has 2 aliphatic rings.